The highest BCUT2D eigenvalue weighted by molar-refractivity contribution is 6.04. The number of carboxylic acids is 1. The Bertz CT molecular complexity index is 712. The van der Waals surface area contributed by atoms with Gasteiger partial charge in [0.1, 0.15) is 6.04 Å². The van der Waals surface area contributed by atoms with E-state index in [-0.39, 0.29) is 18.4 Å². The van der Waals surface area contributed by atoms with Crippen molar-refractivity contribution in [2.45, 2.75) is 44.7 Å². The van der Waals surface area contributed by atoms with Crippen LogP contribution in [-0.2, 0) is 22.6 Å². The molecule has 2 aliphatic heterocycles. The monoisotopic (exact) mass is 376 g/mol. The van der Waals surface area contributed by atoms with Crippen LogP contribution in [0.15, 0.2) is 12.1 Å². The summed E-state index contributed by atoms with van der Waals surface area (Å²) < 4.78 is 10.7. The van der Waals surface area contributed by atoms with Crippen molar-refractivity contribution >= 4 is 17.9 Å². The average Bonchev–Trinajstić information content (AvgIpc) is 2.88. The van der Waals surface area contributed by atoms with Crippen LogP contribution in [0.3, 0.4) is 0 Å². The van der Waals surface area contributed by atoms with Crippen LogP contribution in [0, 0.1) is 0 Å². The van der Waals surface area contributed by atoms with E-state index in [0.29, 0.717) is 50.3 Å². The van der Waals surface area contributed by atoms with Gasteiger partial charge in [-0.05, 0) is 36.1 Å². The molecule has 1 saturated heterocycles. The highest BCUT2D eigenvalue weighted by Gasteiger charge is 2.47. The van der Waals surface area contributed by atoms with Crippen molar-refractivity contribution in [3.05, 3.63) is 23.3 Å². The maximum Gasteiger partial charge on any atom is 0.327 e. The number of amides is 3. The van der Waals surface area contributed by atoms with Gasteiger partial charge in [0.25, 0.3) is 5.91 Å². The molecule has 8 heteroatoms. The Kier molecular flexibility index (Phi) is 5.53. The second kappa shape index (κ2) is 7.85. The van der Waals surface area contributed by atoms with Gasteiger partial charge in [-0.2, -0.15) is 0 Å². The number of methoxy groups -OCH3 is 2. The van der Waals surface area contributed by atoms with Gasteiger partial charge >= 0.3 is 12.0 Å². The number of unbranched alkanes of at least 4 members (excludes halogenated alkanes) is 2. The first kappa shape index (κ1) is 19.0. The number of urea groups is 1. The molecule has 2 aliphatic rings. The molecule has 1 fully saturated rings. The lowest BCUT2D eigenvalue weighted by Gasteiger charge is -2.29. The average molecular weight is 376 g/mol. The summed E-state index contributed by atoms with van der Waals surface area (Å²) in [6.45, 7) is 0.688. The molecule has 0 unspecified atom stereocenters. The molecule has 0 aromatic heterocycles. The number of hydrogen-bond acceptors (Lipinski definition) is 5. The number of carboxylic acid groups (broad SMARTS) is 1. The molecular formula is C19H24N2O6. The Hall–Kier alpha value is -2.77. The van der Waals surface area contributed by atoms with Gasteiger partial charge in [-0.25, -0.2) is 4.79 Å². The second-order valence-electron chi connectivity index (χ2n) is 6.80. The molecule has 8 nitrogen and oxygen atoms in total. The van der Waals surface area contributed by atoms with Crippen molar-refractivity contribution in [1.29, 1.82) is 0 Å². The number of hydrogen-bond donors (Lipinski definition) is 1. The molecule has 1 N–H and O–H groups in total. The first-order valence-corrected chi connectivity index (χ1v) is 9.03. The fourth-order valence-corrected chi connectivity index (χ4v) is 3.69. The molecule has 146 valence electrons. The van der Waals surface area contributed by atoms with Crippen LogP contribution < -0.4 is 9.47 Å². The molecular weight excluding hydrogens is 352 g/mol. The van der Waals surface area contributed by atoms with Gasteiger partial charge in [-0.3, -0.25) is 14.5 Å². The van der Waals surface area contributed by atoms with E-state index in [2.05, 4.69) is 0 Å². The molecule has 2 heterocycles. The summed E-state index contributed by atoms with van der Waals surface area (Å²) in [5.74, 6) is 0.197. The van der Waals surface area contributed by atoms with Gasteiger partial charge in [0, 0.05) is 25.9 Å². The van der Waals surface area contributed by atoms with E-state index >= 15 is 0 Å². The third kappa shape index (κ3) is 3.70. The third-order valence-electron chi connectivity index (χ3n) is 5.14. The highest BCUT2D eigenvalue weighted by Crippen LogP contribution is 2.37. The summed E-state index contributed by atoms with van der Waals surface area (Å²) in [5.41, 5.74) is 1.94. The minimum absolute atomic E-state index is 0.107. The minimum atomic E-state index is -0.830. The highest BCUT2D eigenvalue weighted by atomic mass is 16.5. The predicted octanol–water partition coefficient (Wildman–Crippen LogP) is 2.04. The number of aliphatic carboxylic acids is 1. The lowest BCUT2D eigenvalue weighted by molar-refractivity contribution is -0.137. The predicted molar refractivity (Wildman–Crippen MR) is 95.8 cm³/mol. The number of carbonyl (C=O) groups is 3. The lowest BCUT2D eigenvalue weighted by Crippen LogP contribution is -2.40. The normalized spacial score (nSPS) is 18.4. The standard InChI is InChI=1S/C19H24N2O6/c1-26-15-9-12-8-14-18(24)20(7-5-3-4-6-17(22)23)19(25)21(14)11-13(12)10-16(15)27-2/h9-10,14H,3-8,11H2,1-2H3,(H,22,23)/t14-/m1/s1. The summed E-state index contributed by atoms with van der Waals surface area (Å²) in [5, 5.41) is 8.67. The minimum Gasteiger partial charge on any atom is -0.493 e. The quantitative estimate of drug-likeness (QED) is 0.551. The molecule has 1 atom stereocenters. The first-order valence-electron chi connectivity index (χ1n) is 9.03. The van der Waals surface area contributed by atoms with E-state index in [1.165, 1.54) is 4.90 Å². The molecule has 0 saturated carbocycles. The van der Waals surface area contributed by atoms with Crippen LogP contribution in [0.1, 0.15) is 36.8 Å². The summed E-state index contributed by atoms with van der Waals surface area (Å²) in [6.07, 6.45) is 2.39. The van der Waals surface area contributed by atoms with E-state index in [1.54, 1.807) is 19.1 Å². The van der Waals surface area contributed by atoms with Crippen molar-refractivity contribution in [1.82, 2.24) is 9.80 Å². The SMILES string of the molecule is COc1cc2c(cc1OC)CN1C(=O)N(CCCCCC(=O)O)C(=O)[C@H]1C2. The maximum absolute atomic E-state index is 12.7. The number of nitrogens with zero attached hydrogens (tertiary/aromatic N) is 2. The van der Waals surface area contributed by atoms with E-state index in [1.807, 2.05) is 12.1 Å². The van der Waals surface area contributed by atoms with Crippen molar-refractivity contribution in [3.63, 3.8) is 0 Å². The third-order valence-corrected chi connectivity index (χ3v) is 5.14. The largest absolute Gasteiger partial charge is 0.493 e. The number of ether oxygens (including phenoxy) is 2. The first-order chi connectivity index (χ1) is 13.0. The zero-order valence-corrected chi connectivity index (χ0v) is 15.6. The molecule has 3 amide bonds. The molecule has 1 aromatic carbocycles. The smallest absolute Gasteiger partial charge is 0.327 e. The van der Waals surface area contributed by atoms with E-state index in [4.69, 9.17) is 14.6 Å². The van der Waals surface area contributed by atoms with Gasteiger partial charge in [0.15, 0.2) is 11.5 Å². The van der Waals surface area contributed by atoms with Crippen LogP contribution in [-0.4, -0.2) is 59.6 Å². The lowest BCUT2D eigenvalue weighted by atomic mass is 9.94. The topological polar surface area (TPSA) is 96.4 Å². The van der Waals surface area contributed by atoms with Crippen molar-refractivity contribution in [2.24, 2.45) is 0 Å². The maximum atomic E-state index is 12.7. The van der Waals surface area contributed by atoms with Gasteiger partial charge in [0.05, 0.1) is 14.2 Å². The van der Waals surface area contributed by atoms with E-state index < -0.39 is 12.0 Å². The number of benzene rings is 1. The van der Waals surface area contributed by atoms with Crippen LogP contribution in [0.5, 0.6) is 11.5 Å². The Morgan fingerprint density at radius 2 is 1.78 bits per heavy atom. The second-order valence-corrected chi connectivity index (χ2v) is 6.80. The Morgan fingerprint density at radius 3 is 2.41 bits per heavy atom. The summed E-state index contributed by atoms with van der Waals surface area (Å²) >= 11 is 0. The van der Waals surface area contributed by atoms with Crippen molar-refractivity contribution in [3.8, 4) is 11.5 Å². The zero-order valence-electron chi connectivity index (χ0n) is 15.6. The molecule has 3 rings (SSSR count). The number of rotatable bonds is 8. The van der Waals surface area contributed by atoms with Crippen LogP contribution in [0.25, 0.3) is 0 Å². The Balaban J connectivity index is 1.69. The van der Waals surface area contributed by atoms with Crippen LogP contribution in [0.2, 0.25) is 0 Å². The molecule has 1 aromatic rings. The van der Waals surface area contributed by atoms with Gasteiger partial charge in [-0.1, -0.05) is 6.42 Å². The van der Waals surface area contributed by atoms with E-state index in [0.717, 1.165) is 11.1 Å². The molecule has 0 spiro atoms. The number of carbonyl (C=O) groups excluding carboxylic acids is 2. The van der Waals surface area contributed by atoms with Gasteiger partial charge in [-0.15, -0.1) is 0 Å². The number of fused-ring (bicyclic) bond motifs is 2. The summed E-state index contributed by atoms with van der Waals surface area (Å²) in [7, 11) is 3.13. The van der Waals surface area contributed by atoms with Gasteiger partial charge in [0.2, 0.25) is 0 Å². The van der Waals surface area contributed by atoms with Crippen molar-refractivity contribution < 1.29 is 29.0 Å². The van der Waals surface area contributed by atoms with Crippen LogP contribution >= 0.6 is 0 Å². The molecule has 0 bridgehead atoms. The molecule has 27 heavy (non-hydrogen) atoms. The van der Waals surface area contributed by atoms with E-state index in [9.17, 15) is 14.4 Å². The van der Waals surface area contributed by atoms with Crippen molar-refractivity contribution in [2.75, 3.05) is 20.8 Å². The van der Waals surface area contributed by atoms with Crippen LogP contribution in [0.4, 0.5) is 4.79 Å². The Labute approximate surface area is 157 Å². The fourth-order valence-electron chi connectivity index (χ4n) is 3.69. The number of imide groups is 1. The van der Waals surface area contributed by atoms with Gasteiger partial charge < -0.3 is 19.5 Å². The molecule has 0 aliphatic carbocycles. The Morgan fingerprint density at radius 1 is 1.11 bits per heavy atom. The summed E-state index contributed by atoms with van der Waals surface area (Å²) in [6, 6.07) is 2.97. The summed E-state index contributed by atoms with van der Waals surface area (Å²) in [4.78, 5) is 38.9. The molecule has 0 radical (unpaired) electrons. The zero-order chi connectivity index (χ0) is 19.6. The fraction of sp³-hybridized carbons (Fsp3) is 0.526.